The van der Waals surface area contributed by atoms with Crippen molar-refractivity contribution in [1.82, 2.24) is 0 Å². The Morgan fingerprint density at radius 3 is 2.30 bits per heavy atom. The molecule has 0 amide bonds. The predicted octanol–water partition coefficient (Wildman–Crippen LogP) is 3.62. The molecule has 0 spiro atoms. The van der Waals surface area contributed by atoms with E-state index in [0.29, 0.717) is 38.2 Å². The molecular weight excluding hydrogens is 256 g/mol. The summed E-state index contributed by atoms with van der Waals surface area (Å²) < 4.78 is 10.4. The largest absolute Gasteiger partial charge is 0.466 e. The molecule has 0 radical (unpaired) electrons. The molecule has 4 nitrogen and oxygen atoms in total. The molecule has 2 atom stereocenters. The minimum atomic E-state index is -0.181. The van der Waals surface area contributed by atoms with Crippen molar-refractivity contribution in [2.75, 3.05) is 6.61 Å². The lowest BCUT2D eigenvalue weighted by Crippen LogP contribution is -2.29. The standard InChI is InChI=1S/C16H28O4/c1-3-13-9-5-6-10-14(13)20-16(18)12-8-7-11-15(17)19-4-2/h13-14H,3-12H2,1-2H3. The van der Waals surface area contributed by atoms with Gasteiger partial charge in [0.15, 0.2) is 0 Å². The Morgan fingerprint density at radius 2 is 1.65 bits per heavy atom. The highest BCUT2D eigenvalue weighted by Crippen LogP contribution is 2.29. The molecule has 1 aliphatic rings. The van der Waals surface area contributed by atoms with Gasteiger partial charge < -0.3 is 9.47 Å². The van der Waals surface area contributed by atoms with Gasteiger partial charge in [-0.05, 0) is 51.4 Å². The molecule has 0 aliphatic heterocycles. The van der Waals surface area contributed by atoms with Crippen LogP contribution in [-0.4, -0.2) is 24.6 Å². The van der Waals surface area contributed by atoms with Gasteiger partial charge in [-0.3, -0.25) is 9.59 Å². The average Bonchev–Trinajstić information content (AvgIpc) is 2.44. The number of carbonyl (C=O) groups is 2. The van der Waals surface area contributed by atoms with Crippen molar-refractivity contribution in [3.63, 3.8) is 0 Å². The van der Waals surface area contributed by atoms with Crippen molar-refractivity contribution in [3.05, 3.63) is 0 Å². The van der Waals surface area contributed by atoms with E-state index in [1.807, 2.05) is 0 Å². The van der Waals surface area contributed by atoms with Crippen LogP contribution < -0.4 is 0 Å². The maximum atomic E-state index is 11.8. The molecule has 0 saturated heterocycles. The van der Waals surface area contributed by atoms with E-state index in [0.717, 1.165) is 19.3 Å². The lowest BCUT2D eigenvalue weighted by atomic mass is 9.85. The first-order chi connectivity index (χ1) is 9.67. The second-order valence-electron chi connectivity index (χ2n) is 5.49. The fraction of sp³-hybridized carbons (Fsp3) is 0.875. The van der Waals surface area contributed by atoms with E-state index in [-0.39, 0.29) is 18.0 Å². The summed E-state index contributed by atoms with van der Waals surface area (Å²) >= 11 is 0. The molecule has 20 heavy (non-hydrogen) atoms. The third-order valence-corrected chi connectivity index (χ3v) is 3.96. The number of rotatable bonds is 8. The normalized spacial score (nSPS) is 22.3. The molecule has 4 heteroatoms. The molecule has 0 bridgehead atoms. The highest BCUT2D eigenvalue weighted by Gasteiger charge is 2.26. The van der Waals surface area contributed by atoms with Gasteiger partial charge >= 0.3 is 11.9 Å². The quantitative estimate of drug-likeness (QED) is 0.504. The van der Waals surface area contributed by atoms with Crippen LogP contribution in [0.3, 0.4) is 0 Å². The number of ether oxygens (including phenoxy) is 2. The van der Waals surface area contributed by atoms with E-state index >= 15 is 0 Å². The number of hydrogen-bond donors (Lipinski definition) is 0. The molecule has 0 aromatic rings. The zero-order valence-corrected chi connectivity index (χ0v) is 12.9. The predicted molar refractivity (Wildman–Crippen MR) is 77.2 cm³/mol. The second kappa shape index (κ2) is 9.78. The van der Waals surface area contributed by atoms with E-state index in [9.17, 15) is 9.59 Å². The van der Waals surface area contributed by atoms with Crippen LogP contribution in [-0.2, 0) is 19.1 Å². The molecule has 1 aliphatic carbocycles. The first kappa shape index (κ1) is 17.0. The third-order valence-electron chi connectivity index (χ3n) is 3.96. The number of carbonyl (C=O) groups excluding carboxylic acids is 2. The van der Waals surface area contributed by atoms with Crippen LogP contribution in [0.15, 0.2) is 0 Å². The van der Waals surface area contributed by atoms with Crippen molar-refractivity contribution in [2.45, 2.75) is 77.7 Å². The number of esters is 2. The Kier molecular flexibility index (Phi) is 8.31. The van der Waals surface area contributed by atoms with Crippen LogP contribution in [0.4, 0.5) is 0 Å². The van der Waals surface area contributed by atoms with Gasteiger partial charge in [-0.15, -0.1) is 0 Å². The smallest absolute Gasteiger partial charge is 0.306 e. The van der Waals surface area contributed by atoms with E-state index in [4.69, 9.17) is 9.47 Å². The molecule has 1 fully saturated rings. The van der Waals surface area contributed by atoms with Gasteiger partial charge in [-0.25, -0.2) is 0 Å². The Hall–Kier alpha value is -1.06. The zero-order valence-electron chi connectivity index (χ0n) is 12.9. The lowest BCUT2D eigenvalue weighted by Gasteiger charge is -2.30. The SMILES string of the molecule is CCOC(=O)CCCCC(=O)OC1CCCCC1CC. The van der Waals surface area contributed by atoms with Crippen molar-refractivity contribution in [2.24, 2.45) is 5.92 Å². The summed E-state index contributed by atoms with van der Waals surface area (Å²) in [5.41, 5.74) is 0. The Morgan fingerprint density at radius 1 is 1.00 bits per heavy atom. The molecule has 0 aromatic carbocycles. The van der Waals surface area contributed by atoms with Gasteiger partial charge in [0.1, 0.15) is 6.10 Å². The Labute approximate surface area is 122 Å². The van der Waals surface area contributed by atoms with E-state index in [1.54, 1.807) is 6.92 Å². The minimum absolute atomic E-state index is 0.112. The molecule has 0 heterocycles. The molecule has 116 valence electrons. The van der Waals surface area contributed by atoms with Crippen molar-refractivity contribution in [3.8, 4) is 0 Å². The topological polar surface area (TPSA) is 52.6 Å². The number of hydrogen-bond acceptors (Lipinski definition) is 4. The van der Waals surface area contributed by atoms with E-state index < -0.39 is 0 Å². The molecule has 0 aromatic heterocycles. The van der Waals surface area contributed by atoms with Crippen LogP contribution in [0.1, 0.15) is 71.6 Å². The van der Waals surface area contributed by atoms with Crippen molar-refractivity contribution >= 4 is 11.9 Å². The summed E-state index contributed by atoms with van der Waals surface area (Å²) in [7, 11) is 0. The third kappa shape index (κ3) is 6.40. The number of unbranched alkanes of at least 4 members (excludes halogenated alkanes) is 1. The van der Waals surface area contributed by atoms with Gasteiger partial charge in [0.05, 0.1) is 6.61 Å². The maximum absolute atomic E-state index is 11.8. The lowest BCUT2D eigenvalue weighted by molar-refractivity contribution is -0.154. The Balaban J connectivity index is 2.14. The minimum Gasteiger partial charge on any atom is -0.466 e. The molecule has 0 N–H and O–H groups in total. The van der Waals surface area contributed by atoms with E-state index in [2.05, 4.69) is 6.92 Å². The zero-order chi connectivity index (χ0) is 14.8. The summed E-state index contributed by atoms with van der Waals surface area (Å²) in [6, 6.07) is 0. The summed E-state index contributed by atoms with van der Waals surface area (Å²) in [6.45, 7) is 4.38. The van der Waals surface area contributed by atoms with Crippen LogP contribution >= 0.6 is 0 Å². The fourth-order valence-electron chi connectivity index (χ4n) is 2.80. The second-order valence-corrected chi connectivity index (χ2v) is 5.49. The van der Waals surface area contributed by atoms with Crippen LogP contribution in [0.25, 0.3) is 0 Å². The van der Waals surface area contributed by atoms with Gasteiger partial charge in [0.2, 0.25) is 0 Å². The van der Waals surface area contributed by atoms with Gasteiger partial charge in [-0.1, -0.05) is 13.3 Å². The highest BCUT2D eigenvalue weighted by atomic mass is 16.5. The van der Waals surface area contributed by atoms with Crippen molar-refractivity contribution in [1.29, 1.82) is 0 Å². The summed E-state index contributed by atoms with van der Waals surface area (Å²) in [5.74, 6) is 0.241. The summed E-state index contributed by atoms with van der Waals surface area (Å²) in [5, 5.41) is 0. The molecule has 1 rings (SSSR count). The van der Waals surface area contributed by atoms with Crippen molar-refractivity contribution < 1.29 is 19.1 Å². The maximum Gasteiger partial charge on any atom is 0.306 e. The van der Waals surface area contributed by atoms with Gasteiger partial charge in [0, 0.05) is 12.8 Å². The molecular formula is C16H28O4. The summed E-state index contributed by atoms with van der Waals surface area (Å²) in [4.78, 5) is 23.0. The van der Waals surface area contributed by atoms with Crippen LogP contribution in [0.5, 0.6) is 0 Å². The monoisotopic (exact) mass is 284 g/mol. The average molecular weight is 284 g/mol. The first-order valence-electron chi connectivity index (χ1n) is 8.02. The first-order valence-corrected chi connectivity index (χ1v) is 8.02. The van der Waals surface area contributed by atoms with Crippen LogP contribution in [0, 0.1) is 5.92 Å². The summed E-state index contributed by atoms with van der Waals surface area (Å²) in [6.07, 6.45) is 7.99. The van der Waals surface area contributed by atoms with Gasteiger partial charge in [0.25, 0.3) is 0 Å². The van der Waals surface area contributed by atoms with E-state index in [1.165, 1.54) is 12.8 Å². The highest BCUT2D eigenvalue weighted by molar-refractivity contribution is 5.70. The van der Waals surface area contributed by atoms with Gasteiger partial charge in [-0.2, -0.15) is 0 Å². The Bertz CT molecular complexity index is 301. The molecule has 2 unspecified atom stereocenters. The molecule has 1 saturated carbocycles. The van der Waals surface area contributed by atoms with Crippen LogP contribution in [0.2, 0.25) is 0 Å². The fourth-order valence-corrected chi connectivity index (χ4v) is 2.80.